The molecular formula is C21H28N2O4S. The largest absolute Gasteiger partial charge is 0.494 e. The highest BCUT2D eigenvalue weighted by Crippen LogP contribution is 2.25. The first-order valence-corrected chi connectivity index (χ1v) is 10.8. The van der Waals surface area contributed by atoms with Gasteiger partial charge < -0.3 is 10.1 Å². The van der Waals surface area contributed by atoms with Gasteiger partial charge in [0.05, 0.1) is 11.5 Å². The summed E-state index contributed by atoms with van der Waals surface area (Å²) in [4.78, 5) is 12.5. The molecule has 0 aliphatic carbocycles. The predicted octanol–water partition coefficient (Wildman–Crippen LogP) is 3.35. The molecule has 0 radical (unpaired) electrons. The Balaban J connectivity index is 2.31. The number of hydrogen-bond donors (Lipinski definition) is 1. The van der Waals surface area contributed by atoms with E-state index in [0.29, 0.717) is 30.0 Å². The predicted molar refractivity (Wildman–Crippen MR) is 110 cm³/mol. The van der Waals surface area contributed by atoms with Crippen LogP contribution < -0.4 is 10.1 Å². The Morgan fingerprint density at radius 3 is 2.39 bits per heavy atom. The second kappa shape index (κ2) is 9.71. The Morgan fingerprint density at radius 1 is 1.11 bits per heavy atom. The Labute approximate surface area is 167 Å². The lowest BCUT2D eigenvalue weighted by Crippen LogP contribution is -2.27. The smallest absolute Gasteiger partial charge is 0.251 e. The second-order valence-corrected chi connectivity index (χ2v) is 8.63. The molecule has 1 N–H and O–H groups in total. The number of ether oxygens (including phenoxy) is 1. The van der Waals surface area contributed by atoms with E-state index in [-0.39, 0.29) is 17.3 Å². The number of benzene rings is 2. The zero-order valence-electron chi connectivity index (χ0n) is 16.9. The van der Waals surface area contributed by atoms with Gasteiger partial charge in [-0.1, -0.05) is 24.6 Å². The van der Waals surface area contributed by atoms with Crippen molar-refractivity contribution in [2.45, 2.75) is 38.6 Å². The van der Waals surface area contributed by atoms with E-state index in [0.717, 1.165) is 12.0 Å². The SMILES string of the molecule is CCCNC(=O)c1ccc(OCC)c(CN(C)S(=O)(=O)c2ccc(C)cc2)c1. The van der Waals surface area contributed by atoms with Crippen LogP contribution in [0.5, 0.6) is 5.75 Å². The van der Waals surface area contributed by atoms with E-state index < -0.39 is 10.0 Å². The zero-order chi connectivity index (χ0) is 20.7. The molecule has 2 aromatic carbocycles. The van der Waals surface area contributed by atoms with Crippen LogP contribution in [-0.2, 0) is 16.6 Å². The number of nitrogens with zero attached hydrogens (tertiary/aromatic N) is 1. The monoisotopic (exact) mass is 404 g/mol. The van der Waals surface area contributed by atoms with Crippen molar-refractivity contribution < 1.29 is 17.9 Å². The number of rotatable bonds is 9. The molecule has 2 aromatic rings. The highest BCUT2D eigenvalue weighted by molar-refractivity contribution is 7.89. The summed E-state index contributed by atoms with van der Waals surface area (Å²) in [5, 5.41) is 2.83. The van der Waals surface area contributed by atoms with Gasteiger partial charge in [0.25, 0.3) is 5.91 Å². The summed E-state index contributed by atoms with van der Waals surface area (Å²) >= 11 is 0. The van der Waals surface area contributed by atoms with Gasteiger partial charge in [0.15, 0.2) is 0 Å². The average Bonchev–Trinajstić information content (AvgIpc) is 2.67. The van der Waals surface area contributed by atoms with Crippen LogP contribution in [0.1, 0.15) is 41.8 Å². The van der Waals surface area contributed by atoms with E-state index in [1.54, 1.807) is 42.5 Å². The van der Waals surface area contributed by atoms with Gasteiger partial charge in [0.1, 0.15) is 5.75 Å². The summed E-state index contributed by atoms with van der Waals surface area (Å²) in [6.07, 6.45) is 0.840. The summed E-state index contributed by atoms with van der Waals surface area (Å²) in [7, 11) is -2.13. The van der Waals surface area contributed by atoms with E-state index in [1.807, 2.05) is 20.8 Å². The number of hydrogen-bond acceptors (Lipinski definition) is 4. The fourth-order valence-corrected chi connectivity index (χ4v) is 3.85. The van der Waals surface area contributed by atoms with Gasteiger partial charge in [0, 0.05) is 31.3 Å². The zero-order valence-corrected chi connectivity index (χ0v) is 17.7. The Morgan fingerprint density at radius 2 is 1.79 bits per heavy atom. The first-order chi connectivity index (χ1) is 13.3. The van der Waals surface area contributed by atoms with Crippen LogP contribution in [0.3, 0.4) is 0 Å². The maximum absolute atomic E-state index is 12.9. The topological polar surface area (TPSA) is 75.7 Å². The standard InChI is InChI=1S/C21H28N2O4S/c1-5-13-22-21(24)17-9-12-20(27-6-2)18(14-17)15-23(4)28(25,26)19-10-7-16(3)8-11-19/h7-12,14H,5-6,13,15H2,1-4H3,(H,22,24). The van der Waals surface area contributed by atoms with Crippen molar-refractivity contribution in [3.63, 3.8) is 0 Å². The molecule has 0 saturated heterocycles. The molecule has 0 aromatic heterocycles. The number of carbonyl (C=O) groups is 1. The van der Waals surface area contributed by atoms with Gasteiger partial charge in [-0.05, 0) is 50.6 Å². The Kier molecular flexibility index (Phi) is 7.60. The van der Waals surface area contributed by atoms with Gasteiger partial charge in [0.2, 0.25) is 10.0 Å². The average molecular weight is 405 g/mol. The molecule has 2 rings (SSSR count). The van der Waals surface area contributed by atoms with Crippen molar-refractivity contribution in [1.82, 2.24) is 9.62 Å². The Bertz CT molecular complexity index is 909. The van der Waals surface area contributed by atoms with E-state index >= 15 is 0 Å². The minimum absolute atomic E-state index is 0.0977. The molecule has 0 spiro atoms. The van der Waals surface area contributed by atoms with Gasteiger partial charge in [-0.2, -0.15) is 4.31 Å². The van der Waals surface area contributed by atoms with E-state index in [1.165, 1.54) is 11.4 Å². The minimum Gasteiger partial charge on any atom is -0.494 e. The molecule has 28 heavy (non-hydrogen) atoms. The van der Waals surface area contributed by atoms with Crippen molar-refractivity contribution in [2.24, 2.45) is 0 Å². The van der Waals surface area contributed by atoms with Crippen molar-refractivity contribution in [1.29, 1.82) is 0 Å². The van der Waals surface area contributed by atoms with Crippen molar-refractivity contribution in [3.05, 3.63) is 59.2 Å². The summed E-state index contributed by atoms with van der Waals surface area (Å²) in [6.45, 7) is 6.88. The molecule has 0 atom stereocenters. The maximum atomic E-state index is 12.9. The molecule has 0 aliphatic rings. The second-order valence-electron chi connectivity index (χ2n) is 6.59. The molecule has 0 bridgehead atoms. The first kappa shape index (κ1) is 21.9. The molecule has 0 aliphatic heterocycles. The number of nitrogens with one attached hydrogen (secondary N) is 1. The summed E-state index contributed by atoms with van der Waals surface area (Å²) < 4.78 is 32.7. The minimum atomic E-state index is -3.66. The molecule has 1 amide bonds. The lowest BCUT2D eigenvalue weighted by molar-refractivity contribution is 0.0953. The molecule has 0 heterocycles. The maximum Gasteiger partial charge on any atom is 0.251 e. The molecule has 0 fully saturated rings. The quantitative estimate of drug-likeness (QED) is 0.695. The fourth-order valence-electron chi connectivity index (χ4n) is 2.70. The fraction of sp³-hybridized carbons (Fsp3) is 0.381. The first-order valence-electron chi connectivity index (χ1n) is 9.36. The number of amides is 1. The summed E-state index contributed by atoms with van der Waals surface area (Å²) in [5.74, 6) is 0.385. The lowest BCUT2D eigenvalue weighted by Gasteiger charge is -2.20. The molecule has 0 unspecified atom stereocenters. The van der Waals surface area contributed by atoms with Gasteiger partial charge in [-0.3, -0.25) is 4.79 Å². The molecule has 7 heteroatoms. The number of sulfonamides is 1. The van der Waals surface area contributed by atoms with Crippen molar-refractivity contribution in [3.8, 4) is 5.75 Å². The van der Waals surface area contributed by atoms with Crippen LogP contribution in [0, 0.1) is 6.92 Å². The van der Waals surface area contributed by atoms with E-state index in [9.17, 15) is 13.2 Å². The van der Waals surface area contributed by atoms with Crippen LogP contribution in [0.2, 0.25) is 0 Å². The molecular weight excluding hydrogens is 376 g/mol. The van der Waals surface area contributed by atoms with Gasteiger partial charge >= 0.3 is 0 Å². The normalized spacial score (nSPS) is 11.5. The number of carbonyl (C=O) groups excluding carboxylic acids is 1. The molecule has 152 valence electrons. The van der Waals surface area contributed by atoms with E-state index in [2.05, 4.69) is 5.32 Å². The third-order valence-electron chi connectivity index (χ3n) is 4.28. The lowest BCUT2D eigenvalue weighted by atomic mass is 10.1. The van der Waals surface area contributed by atoms with Crippen LogP contribution in [0.4, 0.5) is 0 Å². The third kappa shape index (κ3) is 5.33. The highest BCUT2D eigenvalue weighted by atomic mass is 32.2. The van der Waals surface area contributed by atoms with Crippen LogP contribution in [0.15, 0.2) is 47.4 Å². The summed E-state index contributed by atoms with van der Waals surface area (Å²) in [5.41, 5.74) is 2.11. The third-order valence-corrected chi connectivity index (χ3v) is 6.10. The van der Waals surface area contributed by atoms with Crippen LogP contribution in [-0.4, -0.2) is 38.8 Å². The Hall–Kier alpha value is -2.38. The molecule has 0 saturated carbocycles. The summed E-state index contributed by atoms with van der Waals surface area (Å²) in [6, 6.07) is 11.8. The van der Waals surface area contributed by atoms with Crippen LogP contribution >= 0.6 is 0 Å². The van der Waals surface area contributed by atoms with E-state index in [4.69, 9.17) is 4.74 Å². The highest BCUT2D eigenvalue weighted by Gasteiger charge is 2.22. The number of aryl methyl sites for hydroxylation is 1. The van der Waals surface area contributed by atoms with Crippen molar-refractivity contribution in [2.75, 3.05) is 20.2 Å². The van der Waals surface area contributed by atoms with Gasteiger partial charge in [-0.25, -0.2) is 8.42 Å². The molecule has 6 nitrogen and oxygen atoms in total. The van der Waals surface area contributed by atoms with Crippen LogP contribution in [0.25, 0.3) is 0 Å². The van der Waals surface area contributed by atoms with Gasteiger partial charge in [-0.15, -0.1) is 0 Å². The van der Waals surface area contributed by atoms with Crippen molar-refractivity contribution >= 4 is 15.9 Å².